The summed E-state index contributed by atoms with van der Waals surface area (Å²) < 4.78 is 40.6. The van der Waals surface area contributed by atoms with Crippen molar-refractivity contribution in [3.63, 3.8) is 0 Å². The molecule has 0 spiro atoms. The van der Waals surface area contributed by atoms with Gasteiger partial charge in [-0.05, 0) is 25.1 Å². The van der Waals surface area contributed by atoms with Crippen molar-refractivity contribution in [2.75, 3.05) is 0 Å². The van der Waals surface area contributed by atoms with Crippen molar-refractivity contribution >= 4 is 10.9 Å². The van der Waals surface area contributed by atoms with Crippen LogP contribution in [0.1, 0.15) is 5.69 Å². The van der Waals surface area contributed by atoms with Crippen LogP contribution in [0.5, 0.6) is 0 Å². The molecule has 31 heavy (non-hydrogen) atoms. The summed E-state index contributed by atoms with van der Waals surface area (Å²) in [4.78, 5) is 26.0. The molecule has 0 aliphatic heterocycles. The third-order valence-corrected chi connectivity index (χ3v) is 4.74. The molecule has 0 aliphatic carbocycles. The molecule has 0 aromatic carbocycles. The van der Waals surface area contributed by atoms with E-state index in [0.29, 0.717) is 22.5 Å². The van der Waals surface area contributed by atoms with Crippen LogP contribution in [0.15, 0.2) is 47.9 Å². The van der Waals surface area contributed by atoms with E-state index in [9.17, 15) is 23.1 Å². The van der Waals surface area contributed by atoms with Gasteiger partial charge in [0, 0.05) is 36.3 Å². The summed E-state index contributed by atoms with van der Waals surface area (Å²) in [5.41, 5.74) is 2.29. The molecule has 0 saturated carbocycles. The highest BCUT2D eigenvalue weighted by atomic mass is 19.4. The van der Waals surface area contributed by atoms with E-state index < -0.39 is 24.4 Å². The zero-order chi connectivity index (χ0) is 22.3. The van der Waals surface area contributed by atoms with Crippen molar-refractivity contribution in [3.05, 3.63) is 59.2 Å². The van der Waals surface area contributed by atoms with E-state index in [4.69, 9.17) is 0 Å². The second kappa shape index (κ2) is 7.58. The number of aliphatic hydroxyl groups is 1. The van der Waals surface area contributed by atoms with Crippen molar-refractivity contribution in [1.29, 1.82) is 0 Å². The molecule has 160 valence electrons. The van der Waals surface area contributed by atoms with E-state index in [1.165, 1.54) is 6.07 Å². The second-order valence-corrected chi connectivity index (χ2v) is 7.10. The summed E-state index contributed by atoms with van der Waals surface area (Å²) in [6.07, 6.45) is -1.72. The van der Waals surface area contributed by atoms with Gasteiger partial charge < -0.3 is 5.11 Å². The van der Waals surface area contributed by atoms with Crippen LogP contribution < -0.4 is 5.56 Å². The number of halogens is 3. The summed E-state index contributed by atoms with van der Waals surface area (Å²) in [5.74, 6) is 0. The van der Waals surface area contributed by atoms with E-state index in [-0.39, 0.29) is 10.9 Å². The van der Waals surface area contributed by atoms with Crippen molar-refractivity contribution < 1.29 is 18.3 Å². The minimum absolute atomic E-state index is 0.0707. The molecule has 4 rings (SSSR count). The quantitative estimate of drug-likeness (QED) is 0.534. The second-order valence-electron chi connectivity index (χ2n) is 7.10. The van der Waals surface area contributed by atoms with Gasteiger partial charge in [-0.25, -0.2) is 9.97 Å². The summed E-state index contributed by atoms with van der Waals surface area (Å²) in [7, 11) is 1.72. The molecule has 0 saturated heterocycles. The molecule has 0 aliphatic rings. The number of aryl methyl sites for hydroxylation is 2. The highest BCUT2D eigenvalue weighted by Gasteiger charge is 2.38. The van der Waals surface area contributed by atoms with Crippen LogP contribution in [-0.2, 0) is 13.6 Å². The first-order chi connectivity index (χ1) is 14.6. The molecule has 4 heterocycles. The lowest BCUT2D eigenvalue weighted by Crippen LogP contribution is -2.36. The smallest absolute Gasteiger partial charge is 0.382 e. The number of aromatic nitrogens is 6. The van der Waals surface area contributed by atoms with E-state index >= 15 is 0 Å². The third kappa shape index (κ3) is 4.04. The van der Waals surface area contributed by atoms with Crippen LogP contribution in [0, 0.1) is 6.92 Å². The Labute approximate surface area is 173 Å². The fraction of sp³-hybridized carbons (Fsp3) is 0.250. The summed E-state index contributed by atoms with van der Waals surface area (Å²) >= 11 is 0. The first-order valence-electron chi connectivity index (χ1n) is 9.20. The van der Waals surface area contributed by atoms with Crippen LogP contribution in [-0.4, -0.2) is 46.7 Å². The number of fused-ring (bicyclic) bond motifs is 1. The highest BCUT2D eigenvalue weighted by molar-refractivity contribution is 5.93. The molecule has 0 fully saturated rings. The predicted molar refractivity (Wildman–Crippen MR) is 106 cm³/mol. The normalized spacial score (nSPS) is 13.0. The SMILES string of the molecule is Cc1ccc(-c2cc3c(=O)n(C[C@H](O)C(F)(F)F)cnc3c(-c3cnn(C)c3)n2)cn1. The number of pyridine rings is 2. The van der Waals surface area contributed by atoms with Gasteiger partial charge in [0.2, 0.25) is 0 Å². The van der Waals surface area contributed by atoms with Gasteiger partial charge in [-0.1, -0.05) is 0 Å². The summed E-state index contributed by atoms with van der Waals surface area (Å²) in [5, 5.41) is 13.6. The standard InChI is InChI=1S/C20H17F3N6O2/c1-11-3-4-12(6-24-11)15-5-14-18(17(27-15)13-7-26-28(2)8-13)25-10-29(19(14)31)9-16(30)20(21,22)23/h3-8,10,16,30H,9H2,1-2H3/t16-/m0/s1. The van der Waals surface area contributed by atoms with E-state index in [2.05, 4.69) is 20.1 Å². The maximum absolute atomic E-state index is 13.0. The molecular weight excluding hydrogens is 413 g/mol. The Morgan fingerprint density at radius 2 is 1.94 bits per heavy atom. The monoisotopic (exact) mass is 430 g/mol. The van der Waals surface area contributed by atoms with Gasteiger partial charge in [-0.2, -0.15) is 18.3 Å². The minimum Gasteiger partial charge on any atom is -0.382 e. The van der Waals surface area contributed by atoms with Gasteiger partial charge in [0.15, 0.2) is 6.10 Å². The molecule has 0 unspecified atom stereocenters. The predicted octanol–water partition coefficient (Wildman–Crippen LogP) is 2.49. The fourth-order valence-corrected chi connectivity index (χ4v) is 3.10. The molecule has 0 amide bonds. The maximum Gasteiger partial charge on any atom is 0.416 e. The van der Waals surface area contributed by atoms with Gasteiger partial charge >= 0.3 is 6.18 Å². The van der Waals surface area contributed by atoms with Gasteiger partial charge in [-0.3, -0.25) is 19.0 Å². The van der Waals surface area contributed by atoms with Crippen molar-refractivity contribution in [1.82, 2.24) is 29.3 Å². The first-order valence-corrected chi connectivity index (χ1v) is 9.20. The van der Waals surface area contributed by atoms with Crippen molar-refractivity contribution in [2.45, 2.75) is 25.7 Å². The van der Waals surface area contributed by atoms with E-state index in [1.807, 2.05) is 6.92 Å². The van der Waals surface area contributed by atoms with Gasteiger partial charge in [0.05, 0.1) is 30.1 Å². The van der Waals surface area contributed by atoms with Crippen LogP contribution in [0.3, 0.4) is 0 Å². The molecule has 1 atom stereocenters. The Balaban J connectivity index is 1.94. The molecule has 1 N–H and O–H groups in total. The van der Waals surface area contributed by atoms with Crippen LogP contribution >= 0.6 is 0 Å². The largest absolute Gasteiger partial charge is 0.416 e. The minimum atomic E-state index is -4.85. The molecule has 0 radical (unpaired) electrons. The Bertz CT molecular complexity index is 1310. The Morgan fingerprint density at radius 3 is 2.55 bits per heavy atom. The molecular formula is C20H17F3N6O2. The zero-order valence-electron chi connectivity index (χ0n) is 16.5. The Morgan fingerprint density at radius 1 is 1.16 bits per heavy atom. The number of aliphatic hydroxyl groups excluding tert-OH is 1. The summed E-state index contributed by atoms with van der Waals surface area (Å²) in [6, 6.07) is 5.03. The summed E-state index contributed by atoms with van der Waals surface area (Å²) in [6.45, 7) is 0.866. The Hall–Kier alpha value is -3.60. The lowest BCUT2D eigenvalue weighted by molar-refractivity contribution is -0.207. The number of hydrogen-bond donors (Lipinski definition) is 1. The van der Waals surface area contributed by atoms with Gasteiger partial charge in [0.25, 0.3) is 5.56 Å². The van der Waals surface area contributed by atoms with Crippen molar-refractivity contribution in [2.24, 2.45) is 7.05 Å². The van der Waals surface area contributed by atoms with E-state index in [0.717, 1.165) is 16.6 Å². The lowest BCUT2D eigenvalue weighted by atomic mass is 10.1. The zero-order valence-corrected chi connectivity index (χ0v) is 16.5. The van der Waals surface area contributed by atoms with Gasteiger partial charge in [-0.15, -0.1) is 0 Å². The number of nitrogens with zero attached hydrogens (tertiary/aromatic N) is 6. The van der Waals surface area contributed by atoms with Gasteiger partial charge in [0.1, 0.15) is 11.2 Å². The molecule has 0 bridgehead atoms. The maximum atomic E-state index is 13.0. The van der Waals surface area contributed by atoms with E-state index in [1.54, 1.807) is 42.5 Å². The molecule has 4 aromatic heterocycles. The molecule has 8 nitrogen and oxygen atoms in total. The number of hydrogen-bond acceptors (Lipinski definition) is 6. The molecule has 11 heteroatoms. The lowest BCUT2D eigenvalue weighted by Gasteiger charge is -2.16. The van der Waals surface area contributed by atoms with Crippen LogP contribution in [0.2, 0.25) is 0 Å². The highest BCUT2D eigenvalue weighted by Crippen LogP contribution is 2.28. The number of rotatable bonds is 4. The Kier molecular flexibility index (Phi) is 5.05. The number of alkyl halides is 3. The van der Waals surface area contributed by atoms with Crippen molar-refractivity contribution in [3.8, 4) is 22.5 Å². The first kappa shape index (κ1) is 20.7. The fourth-order valence-electron chi connectivity index (χ4n) is 3.10. The third-order valence-electron chi connectivity index (χ3n) is 4.74. The molecule has 4 aromatic rings. The topological polar surface area (TPSA) is 98.7 Å². The van der Waals surface area contributed by atoms with Crippen LogP contribution in [0.4, 0.5) is 13.2 Å². The average molecular weight is 430 g/mol. The van der Waals surface area contributed by atoms with Crippen LogP contribution in [0.25, 0.3) is 33.4 Å². The average Bonchev–Trinajstić information content (AvgIpc) is 3.15.